The quantitative estimate of drug-likeness (QED) is 0.725. The molecular weight excluding hydrogens is 203 g/mol. The molecule has 2 rings (SSSR count). The molecular formula is C9H11FN2O3. The van der Waals surface area contributed by atoms with E-state index in [0.29, 0.717) is 0 Å². The Kier molecular flexibility index (Phi) is 2.44. The van der Waals surface area contributed by atoms with Gasteiger partial charge < -0.3 is 4.74 Å². The monoisotopic (exact) mass is 214 g/mol. The van der Waals surface area contributed by atoms with Gasteiger partial charge in [-0.15, -0.1) is 0 Å². The molecule has 1 aliphatic rings. The lowest BCUT2D eigenvalue weighted by Gasteiger charge is -2.14. The molecule has 15 heavy (non-hydrogen) atoms. The van der Waals surface area contributed by atoms with E-state index in [1.54, 1.807) is 6.92 Å². The highest BCUT2D eigenvalue weighted by Crippen LogP contribution is 2.29. The molecule has 1 aromatic rings. The molecule has 1 aromatic heterocycles. The molecule has 0 bridgehead atoms. The Balaban J connectivity index is 2.38. The summed E-state index contributed by atoms with van der Waals surface area (Å²) in [5.41, 5.74) is -1.15. The van der Waals surface area contributed by atoms with Gasteiger partial charge in [0.1, 0.15) is 6.17 Å². The topological polar surface area (TPSA) is 64.1 Å². The molecule has 0 aromatic carbocycles. The molecule has 6 heteroatoms. The first kappa shape index (κ1) is 10.1. The molecule has 1 saturated heterocycles. The van der Waals surface area contributed by atoms with Crippen LogP contribution in [0.5, 0.6) is 0 Å². The van der Waals surface area contributed by atoms with Crippen LogP contribution in [0, 0.1) is 0 Å². The van der Waals surface area contributed by atoms with Crippen molar-refractivity contribution < 1.29 is 9.13 Å². The minimum absolute atomic E-state index is 0.219. The van der Waals surface area contributed by atoms with Crippen LogP contribution in [0.15, 0.2) is 21.9 Å². The minimum Gasteiger partial charge on any atom is -0.352 e. The van der Waals surface area contributed by atoms with Crippen molar-refractivity contribution in [2.75, 3.05) is 0 Å². The van der Waals surface area contributed by atoms with Gasteiger partial charge in [-0.1, -0.05) is 0 Å². The molecule has 0 unspecified atom stereocenters. The zero-order valence-corrected chi connectivity index (χ0v) is 8.14. The molecule has 1 N–H and O–H groups in total. The van der Waals surface area contributed by atoms with E-state index in [9.17, 15) is 14.0 Å². The Morgan fingerprint density at radius 1 is 1.60 bits per heavy atom. The highest BCUT2D eigenvalue weighted by Gasteiger charge is 2.34. The number of hydrogen-bond donors (Lipinski definition) is 1. The van der Waals surface area contributed by atoms with Gasteiger partial charge in [-0.25, -0.2) is 9.18 Å². The number of hydrogen-bond acceptors (Lipinski definition) is 3. The predicted molar refractivity (Wildman–Crippen MR) is 50.4 cm³/mol. The fourth-order valence-corrected chi connectivity index (χ4v) is 1.68. The van der Waals surface area contributed by atoms with Gasteiger partial charge in [0.15, 0.2) is 6.23 Å². The zero-order valence-electron chi connectivity index (χ0n) is 8.14. The summed E-state index contributed by atoms with van der Waals surface area (Å²) >= 11 is 0. The van der Waals surface area contributed by atoms with Crippen molar-refractivity contribution in [3.05, 3.63) is 33.1 Å². The lowest BCUT2D eigenvalue weighted by molar-refractivity contribution is -0.0147. The molecule has 1 fully saturated rings. The number of aromatic nitrogens is 2. The number of ether oxygens (including phenoxy) is 1. The maximum atomic E-state index is 13.4. The Morgan fingerprint density at radius 3 is 2.87 bits per heavy atom. The van der Waals surface area contributed by atoms with Crippen molar-refractivity contribution in [2.45, 2.75) is 31.8 Å². The van der Waals surface area contributed by atoms with Crippen molar-refractivity contribution in [1.29, 1.82) is 0 Å². The Bertz CT molecular complexity index is 467. The highest BCUT2D eigenvalue weighted by atomic mass is 19.1. The third kappa shape index (κ3) is 1.85. The summed E-state index contributed by atoms with van der Waals surface area (Å²) in [6.45, 7) is 1.74. The average Bonchev–Trinajstić information content (AvgIpc) is 2.45. The SMILES string of the molecule is C[C@H]1C[C@@H](F)[C@H](n2ccc(=O)[nH]c2=O)O1. The summed E-state index contributed by atoms with van der Waals surface area (Å²) in [6, 6.07) is 1.17. The lowest BCUT2D eigenvalue weighted by atomic mass is 10.2. The number of nitrogens with one attached hydrogen (secondary N) is 1. The van der Waals surface area contributed by atoms with Crippen molar-refractivity contribution in [1.82, 2.24) is 9.55 Å². The molecule has 5 nitrogen and oxygen atoms in total. The summed E-state index contributed by atoms with van der Waals surface area (Å²) in [7, 11) is 0. The van der Waals surface area contributed by atoms with Crippen LogP contribution < -0.4 is 11.2 Å². The first-order chi connectivity index (χ1) is 7.08. The number of halogens is 1. The van der Waals surface area contributed by atoms with E-state index >= 15 is 0 Å². The molecule has 0 amide bonds. The molecule has 82 valence electrons. The van der Waals surface area contributed by atoms with Crippen LogP contribution in [-0.2, 0) is 4.74 Å². The van der Waals surface area contributed by atoms with Crippen molar-refractivity contribution in [3.63, 3.8) is 0 Å². The molecule has 1 aliphatic heterocycles. The standard InChI is InChI=1S/C9H11FN2O3/c1-5-4-6(10)8(15-5)12-3-2-7(13)11-9(12)14/h2-3,5-6,8H,4H2,1H3,(H,11,13,14)/t5-,6+,8+/m0/s1. The van der Waals surface area contributed by atoms with Crippen LogP contribution in [0.25, 0.3) is 0 Å². The second-order valence-corrected chi connectivity index (χ2v) is 3.61. The van der Waals surface area contributed by atoms with Gasteiger partial charge in [0.05, 0.1) is 6.10 Å². The van der Waals surface area contributed by atoms with E-state index in [4.69, 9.17) is 4.74 Å². The Labute approximate surface area is 84.5 Å². The van der Waals surface area contributed by atoms with E-state index in [1.807, 2.05) is 0 Å². The molecule has 0 saturated carbocycles. The van der Waals surface area contributed by atoms with Crippen LogP contribution in [0.3, 0.4) is 0 Å². The Morgan fingerprint density at radius 2 is 2.33 bits per heavy atom. The summed E-state index contributed by atoms with van der Waals surface area (Å²) in [4.78, 5) is 24.2. The molecule has 3 atom stereocenters. The van der Waals surface area contributed by atoms with E-state index in [-0.39, 0.29) is 12.5 Å². The highest BCUT2D eigenvalue weighted by molar-refractivity contribution is 4.88. The van der Waals surface area contributed by atoms with Crippen molar-refractivity contribution >= 4 is 0 Å². The van der Waals surface area contributed by atoms with Gasteiger partial charge in [-0.05, 0) is 6.92 Å². The fourth-order valence-electron chi connectivity index (χ4n) is 1.68. The number of aromatic amines is 1. The smallest absolute Gasteiger partial charge is 0.330 e. The maximum Gasteiger partial charge on any atom is 0.330 e. The van der Waals surface area contributed by atoms with E-state index in [0.717, 1.165) is 4.57 Å². The molecule has 0 spiro atoms. The van der Waals surface area contributed by atoms with Gasteiger partial charge in [-0.3, -0.25) is 14.3 Å². The van der Waals surface area contributed by atoms with Crippen LogP contribution >= 0.6 is 0 Å². The van der Waals surface area contributed by atoms with Gasteiger partial charge in [0.25, 0.3) is 5.56 Å². The van der Waals surface area contributed by atoms with E-state index in [1.165, 1.54) is 12.3 Å². The minimum atomic E-state index is -1.22. The normalized spacial score (nSPS) is 30.7. The third-order valence-electron chi connectivity index (χ3n) is 2.36. The summed E-state index contributed by atoms with van der Waals surface area (Å²) in [5, 5.41) is 0. The molecule has 0 aliphatic carbocycles. The number of alkyl halides is 1. The van der Waals surface area contributed by atoms with E-state index < -0.39 is 23.6 Å². The predicted octanol–water partition coefficient (Wildman–Crippen LogP) is 0.182. The van der Waals surface area contributed by atoms with Crippen molar-refractivity contribution in [2.24, 2.45) is 0 Å². The number of rotatable bonds is 1. The summed E-state index contributed by atoms with van der Waals surface area (Å²) in [6.07, 6.45) is -0.857. The first-order valence-electron chi connectivity index (χ1n) is 4.69. The fraction of sp³-hybridized carbons (Fsp3) is 0.556. The van der Waals surface area contributed by atoms with Crippen LogP contribution in [0.2, 0.25) is 0 Å². The number of H-pyrrole nitrogens is 1. The third-order valence-corrected chi connectivity index (χ3v) is 2.36. The van der Waals surface area contributed by atoms with Crippen LogP contribution in [0.4, 0.5) is 4.39 Å². The largest absolute Gasteiger partial charge is 0.352 e. The van der Waals surface area contributed by atoms with Gasteiger partial charge in [0.2, 0.25) is 0 Å². The summed E-state index contributed by atoms with van der Waals surface area (Å²) < 4.78 is 19.7. The summed E-state index contributed by atoms with van der Waals surface area (Å²) in [5.74, 6) is 0. The Hall–Kier alpha value is -1.43. The second-order valence-electron chi connectivity index (χ2n) is 3.61. The first-order valence-corrected chi connectivity index (χ1v) is 4.69. The zero-order chi connectivity index (χ0) is 11.0. The van der Waals surface area contributed by atoms with Gasteiger partial charge >= 0.3 is 5.69 Å². The van der Waals surface area contributed by atoms with Gasteiger partial charge in [-0.2, -0.15) is 0 Å². The van der Waals surface area contributed by atoms with Gasteiger partial charge in [0, 0.05) is 18.7 Å². The van der Waals surface area contributed by atoms with Crippen LogP contribution in [-0.4, -0.2) is 21.8 Å². The number of nitrogens with zero attached hydrogens (tertiary/aromatic N) is 1. The van der Waals surface area contributed by atoms with Crippen molar-refractivity contribution in [3.8, 4) is 0 Å². The average molecular weight is 214 g/mol. The van der Waals surface area contributed by atoms with Crippen LogP contribution in [0.1, 0.15) is 19.6 Å². The molecule has 0 radical (unpaired) electrons. The lowest BCUT2D eigenvalue weighted by Crippen LogP contribution is -2.33. The molecule has 2 heterocycles. The van der Waals surface area contributed by atoms with E-state index in [2.05, 4.69) is 4.98 Å². The second kappa shape index (κ2) is 3.62. The maximum absolute atomic E-state index is 13.4.